The fourth-order valence-corrected chi connectivity index (χ4v) is 1.80. The molecule has 0 spiro atoms. The zero-order valence-corrected chi connectivity index (χ0v) is 9.73. The number of methoxy groups -OCH3 is 1. The summed E-state index contributed by atoms with van der Waals surface area (Å²) < 4.78 is 31.3. The first-order valence-corrected chi connectivity index (χ1v) is 5.39. The van der Waals surface area contributed by atoms with Crippen LogP contribution in [0, 0.1) is 11.6 Å². The fourth-order valence-electron chi connectivity index (χ4n) is 1.80. The Bertz CT molecular complexity index is 535. The molecule has 18 heavy (non-hydrogen) atoms. The Morgan fingerprint density at radius 1 is 1.06 bits per heavy atom. The van der Waals surface area contributed by atoms with Gasteiger partial charge < -0.3 is 9.84 Å². The van der Waals surface area contributed by atoms with Crippen LogP contribution in [-0.4, -0.2) is 12.2 Å². The van der Waals surface area contributed by atoms with Crippen LogP contribution in [0.4, 0.5) is 8.78 Å². The summed E-state index contributed by atoms with van der Waals surface area (Å²) in [5.41, 5.74) is 0.613. The second-order valence-corrected chi connectivity index (χ2v) is 3.85. The van der Waals surface area contributed by atoms with Crippen LogP contribution in [0.25, 0.3) is 0 Å². The van der Waals surface area contributed by atoms with Crippen LogP contribution in [0.5, 0.6) is 5.75 Å². The Hall–Kier alpha value is -1.94. The van der Waals surface area contributed by atoms with E-state index in [1.54, 1.807) is 24.3 Å². The molecule has 0 aliphatic carbocycles. The molecule has 0 amide bonds. The highest BCUT2D eigenvalue weighted by atomic mass is 19.1. The molecule has 1 atom stereocenters. The van der Waals surface area contributed by atoms with E-state index in [1.807, 2.05) is 0 Å². The Kier molecular flexibility index (Phi) is 3.58. The standard InChI is InChI=1S/C14H12F2O2/c1-18-13-5-3-2-4-12(13)14(17)9-6-10(15)8-11(16)7-9/h2-8,14,17H,1H3. The van der Waals surface area contributed by atoms with Gasteiger partial charge in [-0.1, -0.05) is 18.2 Å². The van der Waals surface area contributed by atoms with Crippen LogP contribution in [0.15, 0.2) is 42.5 Å². The van der Waals surface area contributed by atoms with Crippen LogP contribution in [0.3, 0.4) is 0 Å². The predicted molar refractivity (Wildman–Crippen MR) is 63.4 cm³/mol. The van der Waals surface area contributed by atoms with E-state index in [1.165, 1.54) is 7.11 Å². The van der Waals surface area contributed by atoms with Gasteiger partial charge in [-0.2, -0.15) is 0 Å². The van der Waals surface area contributed by atoms with Gasteiger partial charge in [0.15, 0.2) is 0 Å². The van der Waals surface area contributed by atoms with Crippen LogP contribution in [0.1, 0.15) is 17.2 Å². The number of para-hydroxylation sites is 1. The topological polar surface area (TPSA) is 29.5 Å². The maximum Gasteiger partial charge on any atom is 0.126 e. The molecule has 2 aromatic rings. The molecule has 0 heterocycles. The monoisotopic (exact) mass is 250 g/mol. The summed E-state index contributed by atoms with van der Waals surface area (Å²) in [6, 6.07) is 9.75. The van der Waals surface area contributed by atoms with Gasteiger partial charge in [-0.3, -0.25) is 0 Å². The molecule has 1 N–H and O–H groups in total. The highest BCUT2D eigenvalue weighted by molar-refractivity contribution is 5.40. The van der Waals surface area contributed by atoms with Gasteiger partial charge in [0.25, 0.3) is 0 Å². The number of hydrogen-bond acceptors (Lipinski definition) is 2. The molecule has 0 aromatic heterocycles. The molecule has 0 saturated heterocycles. The van der Waals surface area contributed by atoms with Gasteiger partial charge in [-0.25, -0.2) is 8.78 Å². The van der Waals surface area contributed by atoms with Crippen molar-refractivity contribution >= 4 is 0 Å². The van der Waals surface area contributed by atoms with E-state index >= 15 is 0 Å². The van der Waals surface area contributed by atoms with Crippen molar-refractivity contribution in [3.63, 3.8) is 0 Å². The van der Waals surface area contributed by atoms with Gasteiger partial charge in [-0.15, -0.1) is 0 Å². The Morgan fingerprint density at radius 3 is 2.28 bits per heavy atom. The smallest absolute Gasteiger partial charge is 0.126 e. The molecule has 0 fully saturated rings. The van der Waals surface area contributed by atoms with Crippen LogP contribution in [0.2, 0.25) is 0 Å². The van der Waals surface area contributed by atoms with E-state index in [4.69, 9.17) is 4.74 Å². The van der Waals surface area contributed by atoms with Crippen molar-refractivity contribution in [3.8, 4) is 5.75 Å². The lowest BCUT2D eigenvalue weighted by Gasteiger charge is -2.15. The maximum atomic E-state index is 13.1. The number of aliphatic hydroxyl groups is 1. The SMILES string of the molecule is COc1ccccc1C(O)c1cc(F)cc(F)c1. The molecule has 0 bridgehead atoms. The third-order valence-electron chi connectivity index (χ3n) is 2.63. The molecular weight excluding hydrogens is 238 g/mol. The Labute approximate surface area is 103 Å². The van der Waals surface area contributed by atoms with Gasteiger partial charge >= 0.3 is 0 Å². The molecule has 0 aliphatic heterocycles. The van der Waals surface area contributed by atoms with Crippen molar-refractivity contribution in [2.75, 3.05) is 7.11 Å². The summed E-state index contributed by atoms with van der Waals surface area (Å²) in [5, 5.41) is 10.1. The van der Waals surface area contributed by atoms with Crippen LogP contribution in [-0.2, 0) is 0 Å². The minimum atomic E-state index is -1.13. The van der Waals surface area contributed by atoms with E-state index in [0.29, 0.717) is 11.3 Å². The predicted octanol–water partition coefficient (Wildman–Crippen LogP) is 3.06. The lowest BCUT2D eigenvalue weighted by molar-refractivity contribution is 0.213. The molecule has 2 aromatic carbocycles. The molecule has 0 radical (unpaired) electrons. The molecule has 2 nitrogen and oxygen atoms in total. The number of aliphatic hydroxyl groups excluding tert-OH is 1. The number of halogens is 2. The van der Waals surface area contributed by atoms with E-state index in [2.05, 4.69) is 0 Å². The average molecular weight is 250 g/mol. The van der Waals surface area contributed by atoms with Gasteiger partial charge in [0.2, 0.25) is 0 Å². The molecule has 4 heteroatoms. The van der Waals surface area contributed by atoms with Crippen molar-refractivity contribution in [2.45, 2.75) is 6.10 Å². The van der Waals surface area contributed by atoms with E-state index in [9.17, 15) is 13.9 Å². The fraction of sp³-hybridized carbons (Fsp3) is 0.143. The highest BCUT2D eigenvalue weighted by Crippen LogP contribution is 2.30. The lowest BCUT2D eigenvalue weighted by atomic mass is 10.0. The van der Waals surface area contributed by atoms with Crippen LogP contribution >= 0.6 is 0 Å². The number of hydrogen-bond donors (Lipinski definition) is 1. The quantitative estimate of drug-likeness (QED) is 0.907. The highest BCUT2D eigenvalue weighted by Gasteiger charge is 2.16. The van der Waals surface area contributed by atoms with E-state index < -0.39 is 17.7 Å². The first kappa shape index (κ1) is 12.5. The maximum absolute atomic E-state index is 13.1. The van der Waals surface area contributed by atoms with E-state index in [0.717, 1.165) is 18.2 Å². The summed E-state index contributed by atoms with van der Waals surface area (Å²) in [6.07, 6.45) is -1.13. The number of benzene rings is 2. The third-order valence-corrected chi connectivity index (χ3v) is 2.63. The largest absolute Gasteiger partial charge is 0.496 e. The van der Waals surface area contributed by atoms with Gasteiger partial charge in [0, 0.05) is 11.6 Å². The zero-order chi connectivity index (χ0) is 13.1. The molecule has 2 rings (SSSR count). The van der Waals surface area contributed by atoms with Crippen molar-refractivity contribution in [3.05, 3.63) is 65.2 Å². The lowest BCUT2D eigenvalue weighted by Crippen LogP contribution is -2.03. The second kappa shape index (κ2) is 5.14. The van der Waals surface area contributed by atoms with Crippen molar-refractivity contribution in [2.24, 2.45) is 0 Å². The second-order valence-electron chi connectivity index (χ2n) is 3.85. The Balaban J connectivity index is 2.44. The summed E-state index contributed by atoms with van der Waals surface area (Å²) in [5.74, 6) is -0.979. The molecular formula is C14H12F2O2. The van der Waals surface area contributed by atoms with Gasteiger partial charge in [-0.05, 0) is 23.8 Å². The normalized spacial score (nSPS) is 12.2. The third kappa shape index (κ3) is 2.49. The molecule has 1 unspecified atom stereocenters. The zero-order valence-electron chi connectivity index (χ0n) is 9.73. The molecule has 0 saturated carbocycles. The van der Waals surface area contributed by atoms with Crippen molar-refractivity contribution in [1.82, 2.24) is 0 Å². The van der Waals surface area contributed by atoms with Gasteiger partial charge in [0.1, 0.15) is 23.5 Å². The van der Waals surface area contributed by atoms with Crippen LogP contribution < -0.4 is 4.74 Å². The summed E-state index contributed by atoms with van der Waals surface area (Å²) in [7, 11) is 1.47. The minimum Gasteiger partial charge on any atom is -0.496 e. The molecule has 0 aliphatic rings. The first-order chi connectivity index (χ1) is 8.61. The number of ether oxygens (including phenoxy) is 1. The average Bonchev–Trinajstić information content (AvgIpc) is 2.36. The first-order valence-electron chi connectivity index (χ1n) is 5.39. The number of rotatable bonds is 3. The summed E-state index contributed by atoms with van der Waals surface area (Å²) in [6.45, 7) is 0. The van der Waals surface area contributed by atoms with Gasteiger partial charge in [0.05, 0.1) is 7.11 Å². The minimum absolute atomic E-state index is 0.150. The van der Waals surface area contributed by atoms with Crippen molar-refractivity contribution < 1.29 is 18.6 Å². The Morgan fingerprint density at radius 2 is 1.67 bits per heavy atom. The van der Waals surface area contributed by atoms with E-state index in [-0.39, 0.29) is 5.56 Å². The molecule has 94 valence electrons. The summed E-state index contributed by atoms with van der Waals surface area (Å²) in [4.78, 5) is 0. The summed E-state index contributed by atoms with van der Waals surface area (Å²) >= 11 is 0. The van der Waals surface area contributed by atoms with Crippen molar-refractivity contribution in [1.29, 1.82) is 0 Å².